The van der Waals surface area contributed by atoms with Crippen LogP contribution in [0.4, 0.5) is 0 Å². The topological polar surface area (TPSA) is 0 Å². The summed E-state index contributed by atoms with van der Waals surface area (Å²) in [4.78, 5) is 0. The van der Waals surface area contributed by atoms with Gasteiger partial charge in [0.05, 0.1) is 0 Å². The van der Waals surface area contributed by atoms with E-state index >= 15 is 0 Å². The summed E-state index contributed by atoms with van der Waals surface area (Å²) in [6.07, 6.45) is 1.92. The van der Waals surface area contributed by atoms with Gasteiger partial charge in [0.25, 0.3) is 0 Å². The molecule has 0 aromatic rings. The predicted octanol–water partition coefficient (Wildman–Crippen LogP) is -0.548. The maximum absolute atomic E-state index is 3.56. The van der Waals surface area contributed by atoms with Crippen molar-refractivity contribution in [3.05, 3.63) is 12.7 Å². The first-order chi connectivity index (χ1) is 2.27. The average molecular weight is 150 g/mol. The zero-order valence-corrected chi connectivity index (χ0v) is 6.98. The molecule has 0 aromatic heterocycles. The third-order valence-corrected chi connectivity index (χ3v) is 1.21. The minimum absolute atomic E-state index is 0.662. The molecule has 0 spiro atoms. The molecule has 0 N–H and O–H groups in total. The molecule has 5 heavy (non-hydrogen) atoms. The fourth-order valence-corrected chi connectivity index (χ4v) is 0. The van der Waals surface area contributed by atoms with Crippen molar-refractivity contribution in [3.8, 4) is 0 Å². The molecule has 0 heterocycles. The molecule has 1 radical (unpaired) electrons. The first kappa shape index (κ1) is 5.48. The van der Waals surface area contributed by atoms with E-state index in [0.717, 1.165) is 0 Å². The van der Waals surface area contributed by atoms with Crippen molar-refractivity contribution in [1.82, 2.24) is 0 Å². The second-order valence-electron chi connectivity index (χ2n) is 0.941. The van der Waals surface area contributed by atoms with E-state index < -0.39 is 0 Å². The molecular formula is C3H7SeSi. The molecule has 29 valence electrons. The Hall–Kier alpha value is 0.476. The van der Waals surface area contributed by atoms with Crippen molar-refractivity contribution in [2.24, 2.45) is 0 Å². The fraction of sp³-hybridized carbons (Fsp3) is 0.333. The number of hydrogen-bond donors (Lipinski definition) is 0. The van der Waals surface area contributed by atoms with Crippen molar-refractivity contribution in [2.45, 2.75) is 4.44 Å². The van der Waals surface area contributed by atoms with Gasteiger partial charge in [-0.2, -0.15) is 0 Å². The van der Waals surface area contributed by atoms with Crippen LogP contribution < -0.4 is 0 Å². The summed E-state index contributed by atoms with van der Waals surface area (Å²) in [6, 6.07) is 0. The fourth-order valence-electron chi connectivity index (χ4n) is 0. The molecular weight excluding hydrogens is 143 g/mol. The van der Waals surface area contributed by atoms with E-state index in [1.807, 2.05) is 6.08 Å². The summed E-state index contributed by atoms with van der Waals surface area (Å²) in [7, 11) is 1.20. The van der Waals surface area contributed by atoms with Crippen LogP contribution >= 0.6 is 0 Å². The SMILES string of the molecule is C=CC([SiH3])[Se]. The van der Waals surface area contributed by atoms with E-state index in [4.69, 9.17) is 0 Å². The summed E-state index contributed by atoms with van der Waals surface area (Å²) < 4.78 is 0.662. The van der Waals surface area contributed by atoms with Crippen LogP contribution in [0, 0.1) is 0 Å². The second-order valence-corrected chi connectivity index (χ2v) is 5.62. The van der Waals surface area contributed by atoms with Gasteiger partial charge in [0.1, 0.15) is 0 Å². The normalized spacial score (nSPS) is 14.6. The van der Waals surface area contributed by atoms with Gasteiger partial charge in [0.15, 0.2) is 0 Å². The van der Waals surface area contributed by atoms with Crippen LogP contribution in [0.3, 0.4) is 0 Å². The Bertz CT molecular complexity index is 33.9. The Labute approximate surface area is 43.9 Å². The average Bonchev–Trinajstić information content (AvgIpc) is 1.38. The van der Waals surface area contributed by atoms with Crippen molar-refractivity contribution in [1.29, 1.82) is 0 Å². The van der Waals surface area contributed by atoms with Crippen LogP contribution in [-0.2, 0) is 0 Å². The zero-order valence-electron chi connectivity index (χ0n) is 3.27. The predicted molar refractivity (Wildman–Crippen MR) is 29.6 cm³/mol. The molecule has 0 aromatic carbocycles. The van der Waals surface area contributed by atoms with Crippen molar-refractivity contribution in [3.63, 3.8) is 0 Å². The quantitative estimate of drug-likeness (QED) is 0.347. The molecule has 0 saturated heterocycles. The summed E-state index contributed by atoms with van der Waals surface area (Å²) in [5.41, 5.74) is 0. The number of hydrogen-bond acceptors (Lipinski definition) is 0. The Morgan fingerprint density at radius 1 is 2.00 bits per heavy atom. The van der Waals surface area contributed by atoms with Gasteiger partial charge in [-0.3, -0.25) is 0 Å². The van der Waals surface area contributed by atoms with Gasteiger partial charge in [0.2, 0.25) is 0 Å². The first-order valence-electron chi connectivity index (χ1n) is 1.55. The Kier molecular flexibility index (Phi) is 2.96. The van der Waals surface area contributed by atoms with Crippen molar-refractivity contribution >= 4 is 26.3 Å². The number of rotatable bonds is 1. The molecule has 0 saturated carbocycles. The molecule has 0 aliphatic carbocycles. The van der Waals surface area contributed by atoms with Crippen LogP contribution in [-0.4, -0.2) is 26.3 Å². The Morgan fingerprint density at radius 3 is 2.20 bits per heavy atom. The molecule has 1 unspecified atom stereocenters. The van der Waals surface area contributed by atoms with Crippen molar-refractivity contribution in [2.75, 3.05) is 0 Å². The van der Waals surface area contributed by atoms with Crippen molar-refractivity contribution < 1.29 is 0 Å². The molecule has 0 nitrogen and oxygen atoms in total. The Balaban J connectivity index is 2.83. The monoisotopic (exact) mass is 151 g/mol. The minimum atomic E-state index is 0.662. The van der Waals surface area contributed by atoms with Gasteiger partial charge in [0, 0.05) is 0 Å². The summed E-state index contributed by atoms with van der Waals surface area (Å²) in [6.45, 7) is 3.56. The standard InChI is InChI=1S/C3H7SeSi/c1-2-3(4)5/h2-3H,1H2,5H3. The van der Waals surface area contributed by atoms with E-state index in [-0.39, 0.29) is 0 Å². The van der Waals surface area contributed by atoms with Crippen LogP contribution in [0.5, 0.6) is 0 Å². The molecule has 0 bridgehead atoms. The van der Waals surface area contributed by atoms with E-state index in [2.05, 4.69) is 22.6 Å². The molecule has 0 aliphatic rings. The van der Waals surface area contributed by atoms with E-state index in [9.17, 15) is 0 Å². The van der Waals surface area contributed by atoms with Gasteiger partial charge >= 0.3 is 43.3 Å². The van der Waals surface area contributed by atoms with E-state index in [1.165, 1.54) is 10.2 Å². The first-order valence-corrected chi connectivity index (χ1v) is 3.70. The third kappa shape index (κ3) is 4.48. The van der Waals surface area contributed by atoms with Crippen LogP contribution in [0.2, 0.25) is 4.44 Å². The second kappa shape index (κ2) is 2.70. The van der Waals surface area contributed by atoms with Gasteiger partial charge in [-0.05, 0) is 0 Å². The van der Waals surface area contributed by atoms with Gasteiger partial charge < -0.3 is 0 Å². The van der Waals surface area contributed by atoms with Gasteiger partial charge in [-0.15, -0.1) is 0 Å². The van der Waals surface area contributed by atoms with Crippen LogP contribution in [0.1, 0.15) is 0 Å². The molecule has 1 atom stereocenters. The third-order valence-electron chi connectivity index (χ3n) is 0.332. The molecule has 2 heteroatoms. The molecule has 0 fully saturated rings. The van der Waals surface area contributed by atoms with Crippen LogP contribution in [0.25, 0.3) is 0 Å². The molecule has 0 aliphatic heterocycles. The molecule has 0 amide bonds. The van der Waals surface area contributed by atoms with E-state index in [1.54, 1.807) is 0 Å². The van der Waals surface area contributed by atoms with E-state index in [0.29, 0.717) is 4.44 Å². The Morgan fingerprint density at radius 2 is 2.20 bits per heavy atom. The van der Waals surface area contributed by atoms with Gasteiger partial charge in [-0.25, -0.2) is 0 Å². The zero-order chi connectivity index (χ0) is 4.28. The summed E-state index contributed by atoms with van der Waals surface area (Å²) in [5.74, 6) is 0. The maximum atomic E-state index is 3.56. The molecule has 0 rings (SSSR count). The summed E-state index contributed by atoms with van der Waals surface area (Å²) >= 11 is 2.93. The number of allylic oxidation sites excluding steroid dienone is 1. The van der Waals surface area contributed by atoms with Crippen LogP contribution in [0.15, 0.2) is 12.7 Å². The summed E-state index contributed by atoms with van der Waals surface area (Å²) in [5, 5.41) is 0. The van der Waals surface area contributed by atoms with Gasteiger partial charge in [-0.1, -0.05) is 0 Å².